The number of hydrogen-bond donors (Lipinski definition) is 1. The Kier molecular flexibility index (Phi) is 4.02. The van der Waals surface area contributed by atoms with Crippen molar-refractivity contribution in [1.29, 1.82) is 0 Å². The van der Waals surface area contributed by atoms with Crippen LogP contribution in [0.1, 0.15) is 50.8 Å². The summed E-state index contributed by atoms with van der Waals surface area (Å²) in [5.41, 5.74) is 1.81. The Balaban J connectivity index is 1.77. The zero-order valence-corrected chi connectivity index (χ0v) is 12.1. The van der Waals surface area contributed by atoms with Crippen LogP contribution in [0.2, 0.25) is 0 Å². The summed E-state index contributed by atoms with van der Waals surface area (Å²) in [6.07, 6.45) is 5.65. The summed E-state index contributed by atoms with van der Waals surface area (Å²) in [4.78, 5) is 4.64. The minimum atomic E-state index is -0.405. The van der Waals surface area contributed by atoms with Gasteiger partial charge in [-0.25, -0.2) is 0 Å². The van der Waals surface area contributed by atoms with Crippen molar-refractivity contribution in [1.82, 2.24) is 4.98 Å². The van der Waals surface area contributed by atoms with Gasteiger partial charge in [-0.3, -0.25) is 4.98 Å². The van der Waals surface area contributed by atoms with E-state index in [0.29, 0.717) is 5.92 Å². The van der Waals surface area contributed by atoms with Gasteiger partial charge in [0.05, 0.1) is 17.3 Å². The van der Waals surface area contributed by atoms with Gasteiger partial charge in [-0.2, -0.15) is 0 Å². The molecule has 1 aliphatic carbocycles. The second kappa shape index (κ2) is 5.92. The molecule has 1 N–H and O–H groups in total. The van der Waals surface area contributed by atoms with Crippen molar-refractivity contribution < 1.29 is 5.11 Å². The summed E-state index contributed by atoms with van der Waals surface area (Å²) in [5, 5.41) is 11.7. The fraction of sp³-hybridized carbons (Fsp3) is 0.500. The van der Waals surface area contributed by atoms with Gasteiger partial charge in [0.25, 0.3) is 0 Å². The van der Waals surface area contributed by atoms with E-state index >= 15 is 0 Å². The Morgan fingerprint density at radius 1 is 1.10 bits per heavy atom. The second-order valence-corrected chi connectivity index (χ2v) is 6.06. The van der Waals surface area contributed by atoms with Crippen molar-refractivity contribution in [3.63, 3.8) is 0 Å². The third-order valence-corrected chi connectivity index (χ3v) is 4.84. The summed E-state index contributed by atoms with van der Waals surface area (Å²) in [7, 11) is 0. The lowest BCUT2D eigenvalue weighted by Gasteiger charge is -2.30. The third kappa shape index (κ3) is 2.71. The van der Waals surface area contributed by atoms with Gasteiger partial charge in [0.2, 0.25) is 0 Å². The summed E-state index contributed by atoms with van der Waals surface area (Å²) in [5.74, 6) is 1.24. The molecule has 2 nitrogen and oxygen atoms in total. The zero-order valence-electron chi connectivity index (χ0n) is 12.1. The number of hydrogen-bond acceptors (Lipinski definition) is 2. The Hall–Kier alpha value is -1.41. The third-order valence-electron chi connectivity index (χ3n) is 4.84. The molecule has 1 aromatic heterocycles. The molecule has 0 spiro atoms. The molecule has 0 bridgehead atoms. The number of fused-ring (bicyclic) bond motifs is 1. The smallest absolute Gasteiger partial charge is 0.0988 e. The van der Waals surface area contributed by atoms with Crippen molar-refractivity contribution in [2.75, 3.05) is 0 Å². The maximum Gasteiger partial charge on any atom is 0.0988 e. The minimum Gasteiger partial charge on any atom is -0.387 e. The van der Waals surface area contributed by atoms with E-state index in [2.05, 4.69) is 24.0 Å². The van der Waals surface area contributed by atoms with E-state index in [0.717, 1.165) is 35.4 Å². The highest BCUT2D eigenvalue weighted by Crippen LogP contribution is 2.37. The second-order valence-electron chi connectivity index (χ2n) is 6.06. The molecule has 0 radical (unpaired) electrons. The SMILES string of the molecule is CCC1CCC(C(O)c2ccc3ccccc3n2)CC1. The highest BCUT2D eigenvalue weighted by Gasteiger charge is 2.27. The van der Waals surface area contributed by atoms with E-state index in [9.17, 15) is 5.11 Å². The minimum absolute atomic E-state index is 0.381. The van der Waals surface area contributed by atoms with Crippen LogP contribution in [-0.4, -0.2) is 10.1 Å². The lowest BCUT2D eigenvalue weighted by atomic mass is 9.78. The first-order valence-corrected chi connectivity index (χ1v) is 7.81. The molecule has 1 unspecified atom stereocenters. The van der Waals surface area contributed by atoms with Gasteiger partial charge in [0.1, 0.15) is 0 Å². The molecule has 1 atom stereocenters. The zero-order chi connectivity index (χ0) is 13.9. The van der Waals surface area contributed by atoms with E-state index in [1.807, 2.05) is 24.3 Å². The monoisotopic (exact) mass is 269 g/mol. The molecule has 2 aromatic rings. The molecule has 3 rings (SSSR count). The molecule has 1 aliphatic rings. The van der Waals surface area contributed by atoms with Crippen molar-refractivity contribution in [2.45, 2.75) is 45.1 Å². The fourth-order valence-corrected chi connectivity index (χ4v) is 3.40. The van der Waals surface area contributed by atoms with Crippen LogP contribution in [0.3, 0.4) is 0 Å². The number of aromatic nitrogens is 1. The van der Waals surface area contributed by atoms with E-state index in [-0.39, 0.29) is 0 Å². The highest BCUT2D eigenvalue weighted by atomic mass is 16.3. The molecule has 0 amide bonds. The molecular formula is C18H23NO. The summed E-state index contributed by atoms with van der Waals surface area (Å²) >= 11 is 0. The van der Waals surface area contributed by atoms with Crippen LogP contribution in [0, 0.1) is 11.8 Å². The van der Waals surface area contributed by atoms with Crippen LogP contribution in [-0.2, 0) is 0 Å². The van der Waals surface area contributed by atoms with Crippen LogP contribution in [0.25, 0.3) is 10.9 Å². The predicted octanol–water partition coefficient (Wildman–Crippen LogP) is 4.48. The molecule has 1 fully saturated rings. The van der Waals surface area contributed by atoms with Crippen LogP contribution in [0.5, 0.6) is 0 Å². The van der Waals surface area contributed by atoms with E-state index < -0.39 is 6.10 Å². The molecule has 106 valence electrons. The number of para-hydroxylation sites is 1. The topological polar surface area (TPSA) is 33.1 Å². The molecule has 20 heavy (non-hydrogen) atoms. The number of benzene rings is 1. The predicted molar refractivity (Wildman–Crippen MR) is 82.4 cm³/mol. The van der Waals surface area contributed by atoms with Crippen LogP contribution in [0.15, 0.2) is 36.4 Å². The summed E-state index contributed by atoms with van der Waals surface area (Å²) < 4.78 is 0. The standard InChI is InChI=1S/C18H23NO/c1-2-13-7-9-15(10-8-13)18(20)17-12-11-14-5-3-4-6-16(14)19-17/h3-6,11-13,15,18,20H,2,7-10H2,1H3. The van der Waals surface area contributed by atoms with Crippen molar-refractivity contribution >= 4 is 10.9 Å². The van der Waals surface area contributed by atoms with Crippen LogP contribution < -0.4 is 0 Å². The van der Waals surface area contributed by atoms with Gasteiger partial charge in [-0.15, -0.1) is 0 Å². The fourth-order valence-electron chi connectivity index (χ4n) is 3.40. The first-order chi connectivity index (χ1) is 9.78. The lowest BCUT2D eigenvalue weighted by molar-refractivity contribution is 0.0698. The molecule has 0 aliphatic heterocycles. The Labute approximate surface area is 120 Å². The van der Waals surface area contributed by atoms with Crippen LogP contribution in [0.4, 0.5) is 0 Å². The average Bonchev–Trinajstić information content (AvgIpc) is 2.54. The maximum absolute atomic E-state index is 10.6. The van der Waals surface area contributed by atoms with Gasteiger partial charge in [-0.05, 0) is 36.8 Å². The first-order valence-electron chi connectivity index (χ1n) is 7.81. The van der Waals surface area contributed by atoms with Crippen molar-refractivity contribution in [3.05, 3.63) is 42.1 Å². The number of rotatable bonds is 3. The number of aliphatic hydroxyl groups excluding tert-OH is 1. The Morgan fingerprint density at radius 2 is 1.85 bits per heavy atom. The molecule has 2 heteroatoms. The molecule has 1 aromatic carbocycles. The Bertz CT molecular complexity index is 572. The normalized spacial score (nSPS) is 24.7. The van der Waals surface area contributed by atoms with Gasteiger partial charge >= 0.3 is 0 Å². The van der Waals surface area contributed by atoms with Gasteiger partial charge < -0.3 is 5.11 Å². The molecule has 1 saturated carbocycles. The summed E-state index contributed by atoms with van der Waals surface area (Å²) in [6.45, 7) is 2.27. The molecule has 0 saturated heterocycles. The van der Waals surface area contributed by atoms with E-state index in [1.54, 1.807) is 0 Å². The molecule has 1 heterocycles. The van der Waals surface area contributed by atoms with Crippen molar-refractivity contribution in [2.24, 2.45) is 11.8 Å². The molecular weight excluding hydrogens is 246 g/mol. The summed E-state index contributed by atoms with van der Waals surface area (Å²) in [6, 6.07) is 12.1. The first kappa shape index (κ1) is 13.6. The maximum atomic E-state index is 10.6. The van der Waals surface area contributed by atoms with Crippen molar-refractivity contribution in [3.8, 4) is 0 Å². The Morgan fingerprint density at radius 3 is 2.60 bits per heavy atom. The van der Waals surface area contributed by atoms with E-state index in [1.165, 1.54) is 19.3 Å². The quantitative estimate of drug-likeness (QED) is 0.891. The number of aliphatic hydroxyl groups is 1. The van der Waals surface area contributed by atoms with Gasteiger partial charge in [0, 0.05) is 5.39 Å². The average molecular weight is 269 g/mol. The van der Waals surface area contributed by atoms with Gasteiger partial charge in [0.15, 0.2) is 0 Å². The highest BCUT2D eigenvalue weighted by molar-refractivity contribution is 5.78. The van der Waals surface area contributed by atoms with Gasteiger partial charge in [-0.1, -0.05) is 50.5 Å². The number of pyridine rings is 1. The number of nitrogens with zero attached hydrogens (tertiary/aromatic N) is 1. The lowest BCUT2D eigenvalue weighted by Crippen LogP contribution is -2.20. The largest absolute Gasteiger partial charge is 0.387 e. The van der Waals surface area contributed by atoms with E-state index in [4.69, 9.17) is 0 Å². The van der Waals surface area contributed by atoms with Crippen LogP contribution >= 0.6 is 0 Å².